The minimum atomic E-state index is -1.17. The first-order chi connectivity index (χ1) is 6.68. The summed E-state index contributed by atoms with van der Waals surface area (Å²) in [6.45, 7) is 0.899. The molecule has 1 atom stereocenters. The fraction of sp³-hybridized carbons (Fsp3) is 0.556. The van der Waals surface area contributed by atoms with Gasteiger partial charge in [-0.15, -0.1) is 0 Å². The van der Waals surface area contributed by atoms with Crippen molar-refractivity contribution in [3.63, 3.8) is 0 Å². The lowest BCUT2D eigenvalue weighted by Crippen LogP contribution is -2.16. The van der Waals surface area contributed by atoms with Crippen molar-refractivity contribution in [3.8, 4) is 0 Å². The van der Waals surface area contributed by atoms with E-state index < -0.39 is 11.9 Å². The van der Waals surface area contributed by atoms with Crippen LogP contribution in [0.15, 0.2) is 12.2 Å². The van der Waals surface area contributed by atoms with E-state index in [-0.39, 0.29) is 12.7 Å². The molecular formula is C9H12O5. The first-order valence-electron chi connectivity index (χ1n) is 4.38. The van der Waals surface area contributed by atoms with Gasteiger partial charge in [0.2, 0.25) is 0 Å². The zero-order chi connectivity index (χ0) is 10.4. The van der Waals surface area contributed by atoms with Gasteiger partial charge in [-0.25, -0.2) is 9.59 Å². The summed E-state index contributed by atoms with van der Waals surface area (Å²) in [7, 11) is 0. The SMILES string of the molecule is O=C(O)/C=C\C(=O)OCC1CCCO1. The Labute approximate surface area is 81.3 Å². The molecule has 1 fully saturated rings. The molecule has 0 aromatic heterocycles. The van der Waals surface area contributed by atoms with Gasteiger partial charge in [0, 0.05) is 18.8 Å². The van der Waals surface area contributed by atoms with E-state index >= 15 is 0 Å². The molecule has 5 heteroatoms. The van der Waals surface area contributed by atoms with Crippen molar-refractivity contribution in [2.24, 2.45) is 0 Å². The molecule has 0 bridgehead atoms. The maximum absolute atomic E-state index is 10.9. The molecule has 1 aliphatic heterocycles. The van der Waals surface area contributed by atoms with Crippen molar-refractivity contribution in [2.45, 2.75) is 18.9 Å². The Kier molecular flexibility index (Phi) is 4.12. The number of carboxylic acids is 1. The van der Waals surface area contributed by atoms with Crippen LogP contribution >= 0.6 is 0 Å². The first-order valence-corrected chi connectivity index (χ1v) is 4.38. The van der Waals surface area contributed by atoms with Gasteiger partial charge < -0.3 is 14.6 Å². The predicted molar refractivity (Wildman–Crippen MR) is 46.7 cm³/mol. The van der Waals surface area contributed by atoms with E-state index in [1.807, 2.05) is 0 Å². The van der Waals surface area contributed by atoms with Crippen LogP contribution in [0.25, 0.3) is 0 Å². The van der Waals surface area contributed by atoms with Gasteiger partial charge in [-0.3, -0.25) is 0 Å². The highest BCUT2D eigenvalue weighted by molar-refractivity contribution is 5.90. The molecule has 5 nitrogen and oxygen atoms in total. The first kappa shape index (κ1) is 10.7. The van der Waals surface area contributed by atoms with Crippen molar-refractivity contribution >= 4 is 11.9 Å². The Morgan fingerprint density at radius 1 is 1.50 bits per heavy atom. The molecule has 1 unspecified atom stereocenters. The normalized spacial score (nSPS) is 21.3. The van der Waals surface area contributed by atoms with Crippen LogP contribution in [0.4, 0.5) is 0 Å². The highest BCUT2D eigenvalue weighted by Gasteiger charge is 2.16. The number of hydrogen-bond acceptors (Lipinski definition) is 4. The molecule has 0 aromatic carbocycles. The zero-order valence-electron chi connectivity index (χ0n) is 7.64. The van der Waals surface area contributed by atoms with Gasteiger partial charge in [-0.05, 0) is 12.8 Å². The standard InChI is InChI=1S/C9H12O5/c10-8(11)3-4-9(12)14-6-7-2-1-5-13-7/h3-4,7H,1-2,5-6H2,(H,10,11)/b4-3-. The zero-order valence-corrected chi connectivity index (χ0v) is 7.64. The fourth-order valence-corrected chi connectivity index (χ4v) is 1.14. The fourth-order valence-electron chi connectivity index (χ4n) is 1.14. The lowest BCUT2D eigenvalue weighted by molar-refractivity contribution is -0.141. The molecule has 1 rings (SSSR count). The van der Waals surface area contributed by atoms with E-state index in [4.69, 9.17) is 14.6 Å². The van der Waals surface area contributed by atoms with E-state index in [1.54, 1.807) is 0 Å². The molecule has 1 heterocycles. The van der Waals surface area contributed by atoms with E-state index in [2.05, 4.69) is 0 Å². The van der Waals surface area contributed by atoms with Gasteiger partial charge in [0.1, 0.15) is 6.61 Å². The summed E-state index contributed by atoms with van der Waals surface area (Å²) >= 11 is 0. The molecule has 1 aliphatic rings. The van der Waals surface area contributed by atoms with Gasteiger partial charge in [-0.2, -0.15) is 0 Å². The Balaban J connectivity index is 2.17. The van der Waals surface area contributed by atoms with Crippen molar-refractivity contribution in [2.75, 3.05) is 13.2 Å². The lowest BCUT2D eigenvalue weighted by atomic mass is 10.2. The maximum atomic E-state index is 10.9. The minimum absolute atomic E-state index is 0.0304. The second kappa shape index (κ2) is 5.39. The second-order valence-electron chi connectivity index (χ2n) is 2.94. The Bertz CT molecular complexity index is 240. The van der Waals surface area contributed by atoms with Crippen LogP contribution in [0.2, 0.25) is 0 Å². The van der Waals surface area contributed by atoms with E-state index in [9.17, 15) is 9.59 Å². The maximum Gasteiger partial charge on any atom is 0.331 e. The van der Waals surface area contributed by atoms with Gasteiger partial charge >= 0.3 is 11.9 Å². The number of esters is 1. The third-order valence-electron chi connectivity index (χ3n) is 1.80. The summed E-state index contributed by atoms with van der Waals surface area (Å²) in [6, 6.07) is 0. The van der Waals surface area contributed by atoms with Crippen LogP contribution in [0.3, 0.4) is 0 Å². The average molecular weight is 200 g/mol. The van der Waals surface area contributed by atoms with Crippen molar-refractivity contribution in [3.05, 3.63) is 12.2 Å². The Morgan fingerprint density at radius 3 is 2.86 bits per heavy atom. The van der Waals surface area contributed by atoms with Gasteiger partial charge in [-0.1, -0.05) is 0 Å². The molecular weight excluding hydrogens is 188 g/mol. The monoisotopic (exact) mass is 200 g/mol. The second-order valence-corrected chi connectivity index (χ2v) is 2.94. The summed E-state index contributed by atoms with van der Waals surface area (Å²) in [5.74, 6) is -1.82. The van der Waals surface area contributed by atoms with Crippen LogP contribution in [-0.4, -0.2) is 36.4 Å². The molecule has 14 heavy (non-hydrogen) atoms. The van der Waals surface area contributed by atoms with Gasteiger partial charge in [0.25, 0.3) is 0 Å². The molecule has 0 radical (unpaired) electrons. The number of ether oxygens (including phenoxy) is 2. The molecule has 0 amide bonds. The van der Waals surface area contributed by atoms with Crippen molar-refractivity contribution < 1.29 is 24.2 Å². The number of carboxylic acid groups (broad SMARTS) is 1. The van der Waals surface area contributed by atoms with E-state index in [0.717, 1.165) is 25.0 Å². The summed E-state index contributed by atoms with van der Waals surface area (Å²) < 4.78 is 9.97. The van der Waals surface area contributed by atoms with Crippen molar-refractivity contribution in [1.82, 2.24) is 0 Å². The third kappa shape index (κ3) is 4.04. The number of carbonyl (C=O) groups is 2. The molecule has 78 valence electrons. The largest absolute Gasteiger partial charge is 0.478 e. The molecule has 1 N–H and O–H groups in total. The Hall–Kier alpha value is -1.36. The summed E-state index contributed by atoms with van der Waals surface area (Å²) in [5, 5.41) is 8.22. The molecule has 0 aliphatic carbocycles. The number of aliphatic carboxylic acids is 1. The summed E-state index contributed by atoms with van der Waals surface area (Å²) in [5.41, 5.74) is 0. The van der Waals surface area contributed by atoms with Gasteiger partial charge in [0.15, 0.2) is 0 Å². The van der Waals surface area contributed by atoms with Crippen LogP contribution < -0.4 is 0 Å². The van der Waals surface area contributed by atoms with Crippen LogP contribution in [-0.2, 0) is 19.1 Å². The molecule has 1 saturated heterocycles. The quantitative estimate of drug-likeness (QED) is 0.523. The topological polar surface area (TPSA) is 72.8 Å². The number of rotatable bonds is 4. The van der Waals surface area contributed by atoms with Crippen LogP contribution in [0.5, 0.6) is 0 Å². The lowest BCUT2D eigenvalue weighted by Gasteiger charge is -2.07. The smallest absolute Gasteiger partial charge is 0.331 e. The number of carbonyl (C=O) groups excluding carboxylic acids is 1. The Morgan fingerprint density at radius 2 is 2.29 bits per heavy atom. The minimum Gasteiger partial charge on any atom is -0.478 e. The van der Waals surface area contributed by atoms with Gasteiger partial charge in [0.05, 0.1) is 6.10 Å². The van der Waals surface area contributed by atoms with Crippen LogP contribution in [0, 0.1) is 0 Å². The summed E-state index contributed by atoms with van der Waals surface area (Å²) in [4.78, 5) is 20.9. The third-order valence-corrected chi connectivity index (χ3v) is 1.80. The molecule has 0 saturated carbocycles. The predicted octanol–water partition coefficient (Wildman–Crippen LogP) is 0.349. The van der Waals surface area contributed by atoms with Crippen molar-refractivity contribution in [1.29, 1.82) is 0 Å². The highest BCUT2D eigenvalue weighted by atomic mass is 16.6. The molecule has 0 spiro atoms. The van der Waals surface area contributed by atoms with Crippen LogP contribution in [0.1, 0.15) is 12.8 Å². The summed E-state index contributed by atoms with van der Waals surface area (Å²) in [6.07, 6.45) is 3.47. The average Bonchev–Trinajstić information content (AvgIpc) is 2.63. The number of hydrogen-bond donors (Lipinski definition) is 1. The highest BCUT2D eigenvalue weighted by Crippen LogP contribution is 2.11. The molecule has 0 aromatic rings. The van der Waals surface area contributed by atoms with E-state index in [0.29, 0.717) is 6.61 Å². The van der Waals surface area contributed by atoms with E-state index in [1.165, 1.54) is 0 Å².